The predicted molar refractivity (Wildman–Crippen MR) is 108 cm³/mol. The van der Waals surface area contributed by atoms with E-state index in [2.05, 4.69) is 4.98 Å². The molecule has 6 heteroatoms. The molecular formula is C22H25N3O3. The Morgan fingerprint density at radius 1 is 1.11 bits per heavy atom. The van der Waals surface area contributed by atoms with Gasteiger partial charge in [-0.25, -0.2) is 0 Å². The van der Waals surface area contributed by atoms with Crippen LogP contribution in [0.25, 0.3) is 5.76 Å². The molecule has 6 nitrogen and oxygen atoms in total. The van der Waals surface area contributed by atoms with E-state index in [4.69, 9.17) is 0 Å². The summed E-state index contributed by atoms with van der Waals surface area (Å²) in [7, 11) is 3.93. The average Bonchev–Trinajstić information content (AvgIpc) is 2.93. The highest BCUT2D eigenvalue weighted by Crippen LogP contribution is 2.39. The molecule has 1 atom stereocenters. The molecule has 2 heterocycles. The van der Waals surface area contributed by atoms with Crippen LogP contribution in [-0.4, -0.2) is 58.8 Å². The summed E-state index contributed by atoms with van der Waals surface area (Å²) in [5.41, 5.74) is 2.50. The number of aryl methyl sites for hydroxylation is 1. The van der Waals surface area contributed by atoms with Crippen LogP contribution in [-0.2, 0) is 9.59 Å². The molecule has 3 rings (SSSR count). The molecule has 1 aliphatic heterocycles. The first-order valence-electron chi connectivity index (χ1n) is 9.30. The standard InChI is InChI=1S/C22H25N3O3/c1-15-5-7-16(8-6-15)19-18(20(26)17-9-11-23-12-10-17)21(27)22(28)25(19)14-4-13-24(2)3/h5-12,19,26H,4,13-14H2,1-3H3/b20-18+. The van der Waals surface area contributed by atoms with Gasteiger partial charge in [-0.05, 0) is 51.7 Å². The number of aromatic nitrogens is 1. The Morgan fingerprint density at radius 3 is 2.36 bits per heavy atom. The Hall–Kier alpha value is -2.99. The highest BCUT2D eigenvalue weighted by molar-refractivity contribution is 6.46. The molecule has 1 unspecified atom stereocenters. The van der Waals surface area contributed by atoms with Gasteiger partial charge in [0.1, 0.15) is 5.76 Å². The van der Waals surface area contributed by atoms with Crippen molar-refractivity contribution < 1.29 is 14.7 Å². The van der Waals surface area contributed by atoms with Crippen molar-refractivity contribution >= 4 is 17.4 Å². The molecule has 2 aromatic rings. The molecule has 1 aromatic carbocycles. The van der Waals surface area contributed by atoms with Gasteiger partial charge in [0.25, 0.3) is 11.7 Å². The van der Waals surface area contributed by atoms with E-state index in [1.807, 2.05) is 50.2 Å². The van der Waals surface area contributed by atoms with E-state index >= 15 is 0 Å². The number of aliphatic hydroxyl groups excluding tert-OH is 1. The number of hydrogen-bond donors (Lipinski definition) is 1. The summed E-state index contributed by atoms with van der Waals surface area (Å²) >= 11 is 0. The van der Waals surface area contributed by atoms with E-state index in [9.17, 15) is 14.7 Å². The number of carbonyl (C=O) groups is 2. The number of rotatable bonds is 6. The van der Waals surface area contributed by atoms with Gasteiger partial charge < -0.3 is 14.9 Å². The van der Waals surface area contributed by atoms with Gasteiger partial charge in [-0.2, -0.15) is 0 Å². The third-order valence-corrected chi connectivity index (χ3v) is 4.89. The largest absolute Gasteiger partial charge is 0.507 e. The lowest BCUT2D eigenvalue weighted by Crippen LogP contribution is -2.32. The highest BCUT2D eigenvalue weighted by atomic mass is 16.3. The Labute approximate surface area is 165 Å². The van der Waals surface area contributed by atoms with Gasteiger partial charge in [0.05, 0.1) is 11.6 Å². The number of likely N-dealkylation sites (tertiary alicyclic amines) is 1. The van der Waals surface area contributed by atoms with Crippen molar-refractivity contribution in [2.45, 2.75) is 19.4 Å². The maximum absolute atomic E-state index is 12.8. The van der Waals surface area contributed by atoms with Crippen LogP contribution in [0.2, 0.25) is 0 Å². The Bertz CT molecular complexity index is 889. The van der Waals surface area contributed by atoms with Gasteiger partial charge in [0.2, 0.25) is 0 Å². The monoisotopic (exact) mass is 379 g/mol. The number of aliphatic hydroxyl groups is 1. The van der Waals surface area contributed by atoms with Crippen LogP contribution in [0.3, 0.4) is 0 Å². The smallest absolute Gasteiger partial charge is 0.295 e. The lowest BCUT2D eigenvalue weighted by atomic mass is 9.95. The van der Waals surface area contributed by atoms with E-state index in [1.54, 1.807) is 29.4 Å². The molecule has 1 aromatic heterocycles. The van der Waals surface area contributed by atoms with E-state index in [1.165, 1.54) is 0 Å². The van der Waals surface area contributed by atoms with Crippen molar-refractivity contribution in [1.29, 1.82) is 0 Å². The average molecular weight is 379 g/mol. The first kappa shape index (κ1) is 19.8. The molecule has 0 aliphatic carbocycles. The lowest BCUT2D eigenvalue weighted by Gasteiger charge is -2.26. The van der Waals surface area contributed by atoms with Crippen LogP contribution < -0.4 is 0 Å². The van der Waals surface area contributed by atoms with Crippen LogP contribution in [0.4, 0.5) is 0 Å². The summed E-state index contributed by atoms with van der Waals surface area (Å²) in [4.78, 5) is 33.2. The minimum atomic E-state index is -0.648. The van der Waals surface area contributed by atoms with E-state index < -0.39 is 17.7 Å². The second-order valence-corrected chi connectivity index (χ2v) is 7.30. The third-order valence-electron chi connectivity index (χ3n) is 4.89. The van der Waals surface area contributed by atoms with Gasteiger partial charge in [-0.3, -0.25) is 14.6 Å². The Morgan fingerprint density at radius 2 is 1.75 bits per heavy atom. The van der Waals surface area contributed by atoms with Gasteiger partial charge in [-0.1, -0.05) is 29.8 Å². The van der Waals surface area contributed by atoms with Crippen molar-refractivity contribution in [2.75, 3.05) is 27.2 Å². The first-order valence-corrected chi connectivity index (χ1v) is 9.30. The molecule has 0 spiro atoms. The molecule has 1 N–H and O–H groups in total. The highest BCUT2D eigenvalue weighted by Gasteiger charge is 2.45. The number of amides is 1. The zero-order valence-corrected chi connectivity index (χ0v) is 16.4. The van der Waals surface area contributed by atoms with Gasteiger partial charge in [0.15, 0.2) is 0 Å². The Balaban J connectivity index is 2.07. The second kappa shape index (κ2) is 8.35. The summed E-state index contributed by atoms with van der Waals surface area (Å²) in [6.45, 7) is 3.22. The molecule has 0 saturated carbocycles. The maximum Gasteiger partial charge on any atom is 0.295 e. The zero-order chi connectivity index (χ0) is 20.3. The molecule has 28 heavy (non-hydrogen) atoms. The summed E-state index contributed by atoms with van der Waals surface area (Å²) < 4.78 is 0. The van der Waals surface area contributed by atoms with Gasteiger partial charge in [-0.15, -0.1) is 0 Å². The quantitative estimate of drug-likeness (QED) is 0.475. The number of ketones is 1. The summed E-state index contributed by atoms with van der Waals surface area (Å²) in [5.74, 6) is -1.38. The number of Topliss-reactive ketones (excluding diaryl/α,β-unsaturated/α-hetero) is 1. The van der Waals surface area contributed by atoms with Crippen molar-refractivity contribution in [3.63, 3.8) is 0 Å². The number of nitrogens with zero attached hydrogens (tertiary/aromatic N) is 3. The fraction of sp³-hybridized carbons (Fsp3) is 0.318. The molecule has 1 fully saturated rings. The molecule has 1 saturated heterocycles. The SMILES string of the molecule is Cc1ccc(C2/C(=C(\O)c3ccncc3)C(=O)C(=O)N2CCCN(C)C)cc1. The van der Waals surface area contributed by atoms with Crippen molar-refractivity contribution in [1.82, 2.24) is 14.8 Å². The number of benzene rings is 1. The first-order chi connectivity index (χ1) is 13.4. The second-order valence-electron chi connectivity index (χ2n) is 7.30. The molecule has 1 amide bonds. The zero-order valence-electron chi connectivity index (χ0n) is 16.4. The third kappa shape index (κ3) is 3.97. The molecule has 146 valence electrons. The summed E-state index contributed by atoms with van der Waals surface area (Å²) in [5, 5.41) is 10.9. The lowest BCUT2D eigenvalue weighted by molar-refractivity contribution is -0.139. The van der Waals surface area contributed by atoms with Crippen LogP contribution in [0.5, 0.6) is 0 Å². The predicted octanol–water partition coefficient (Wildman–Crippen LogP) is 2.76. The normalized spacial score (nSPS) is 18.9. The molecule has 0 bridgehead atoms. The van der Waals surface area contributed by atoms with Crippen molar-refractivity contribution in [3.05, 3.63) is 71.1 Å². The maximum atomic E-state index is 12.8. The van der Waals surface area contributed by atoms with Crippen molar-refractivity contribution in [2.24, 2.45) is 0 Å². The fourth-order valence-electron chi connectivity index (χ4n) is 3.43. The number of carbonyl (C=O) groups excluding carboxylic acids is 2. The van der Waals surface area contributed by atoms with E-state index in [0.717, 1.165) is 24.1 Å². The van der Waals surface area contributed by atoms with E-state index in [0.29, 0.717) is 12.1 Å². The molecule has 0 radical (unpaired) electrons. The summed E-state index contributed by atoms with van der Waals surface area (Å²) in [6, 6.07) is 10.4. The van der Waals surface area contributed by atoms with Crippen molar-refractivity contribution in [3.8, 4) is 0 Å². The number of hydrogen-bond acceptors (Lipinski definition) is 5. The van der Waals surface area contributed by atoms with E-state index in [-0.39, 0.29) is 11.3 Å². The fourth-order valence-corrected chi connectivity index (χ4v) is 3.43. The van der Waals surface area contributed by atoms with Gasteiger partial charge in [0, 0.05) is 24.5 Å². The minimum absolute atomic E-state index is 0.130. The number of pyridine rings is 1. The Kier molecular flexibility index (Phi) is 5.90. The molecule has 1 aliphatic rings. The topological polar surface area (TPSA) is 73.7 Å². The van der Waals surface area contributed by atoms with Crippen LogP contribution >= 0.6 is 0 Å². The molecular weight excluding hydrogens is 354 g/mol. The van der Waals surface area contributed by atoms with Crippen LogP contribution in [0, 0.1) is 6.92 Å². The minimum Gasteiger partial charge on any atom is -0.507 e. The summed E-state index contributed by atoms with van der Waals surface area (Å²) in [6.07, 6.45) is 3.82. The van der Waals surface area contributed by atoms with Gasteiger partial charge >= 0.3 is 0 Å². The van der Waals surface area contributed by atoms with Crippen LogP contribution in [0.15, 0.2) is 54.4 Å². The van der Waals surface area contributed by atoms with Crippen LogP contribution in [0.1, 0.15) is 29.2 Å².